The van der Waals surface area contributed by atoms with Gasteiger partial charge in [-0.25, -0.2) is 4.79 Å². The summed E-state index contributed by atoms with van der Waals surface area (Å²) in [5, 5.41) is 47.3. The molecule has 5 N–H and O–H groups in total. The molecule has 1 saturated heterocycles. The van der Waals surface area contributed by atoms with E-state index in [0.29, 0.717) is 5.56 Å². The first-order valence-corrected chi connectivity index (χ1v) is 7.43. The summed E-state index contributed by atoms with van der Waals surface area (Å²) in [6.07, 6.45) is -4.69. The van der Waals surface area contributed by atoms with Gasteiger partial charge in [0.05, 0.1) is 13.7 Å². The molecule has 0 radical (unpaired) electrons. The molecular weight excluding hydrogens is 338 g/mol. The zero-order valence-corrected chi connectivity index (χ0v) is 13.3. The lowest BCUT2D eigenvalue weighted by Gasteiger charge is -2.39. The zero-order chi connectivity index (χ0) is 18.6. The van der Waals surface area contributed by atoms with Gasteiger partial charge in [-0.1, -0.05) is 6.07 Å². The molecule has 0 spiro atoms. The largest absolute Gasteiger partial charge is 0.493 e. The lowest BCUT2D eigenvalue weighted by molar-refractivity contribution is -0.277. The van der Waals surface area contributed by atoms with Gasteiger partial charge < -0.3 is 39.7 Å². The average Bonchev–Trinajstić information content (AvgIpc) is 2.60. The fraction of sp³-hybridized carbons (Fsp3) is 0.438. The number of aliphatic hydroxyl groups excluding tert-OH is 4. The Morgan fingerprint density at radius 2 is 1.92 bits per heavy atom. The van der Waals surface area contributed by atoms with Crippen molar-refractivity contribution in [2.45, 2.75) is 30.7 Å². The van der Waals surface area contributed by atoms with Crippen molar-refractivity contribution in [3.8, 4) is 11.5 Å². The number of carbonyl (C=O) groups is 1. The molecule has 0 aromatic heterocycles. The summed E-state index contributed by atoms with van der Waals surface area (Å²) in [5.74, 6) is -0.690. The first-order valence-electron chi connectivity index (χ1n) is 7.43. The van der Waals surface area contributed by atoms with E-state index in [-0.39, 0.29) is 11.5 Å². The maximum atomic E-state index is 10.6. The number of methoxy groups -OCH3 is 1. The quantitative estimate of drug-likeness (QED) is 0.318. The second-order valence-electron chi connectivity index (χ2n) is 5.40. The summed E-state index contributed by atoms with van der Waals surface area (Å²) < 4.78 is 15.9. The van der Waals surface area contributed by atoms with Crippen molar-refractivity contribution >= 4 is 12.0 Å². The minimum Gasteiger partial charge on any atom is -0.493 e. The van der Waals surface area contributed by atoms with Crippen molar-refractivity contribution in [2.75, 3.05) is 13.7 Å². The van der Waals surface area contributed by atoms with E-state index in [1.54, 1.807) is 6.07 Å². The predicted octanol–water partition coefficient (Wildman–Crippen LogP) is -1.03. The van der Waals surface area contributed by atoms with Crippen LogP contribution < -0.4 is 9.47 Å². The third-order valence-electron chi connectivity index (χ3n) is 3.70. The molecule has 0 unspecified atom stereocenters. The van der Waals surface area contributed by atoms with Gasteiger partial charge in [0.1, 0.15) is 24.4 Å². The van der Waals surface area contributed by atoms with E-state index in [1.165, 1.54) is 25.3 Å². The standard InChI is InChI=1S/C16H20O9/c1-23-10-6-8(3-5-12(18)19)2-4-9(10)24-16-15(22)14(21)13(20)11(7-17)25-16/h2-6,11,13-17,20-22H,7H2,1H3,(H,18,19)/b5-3+/t11-,13+,14+,15-,16-/m1/s1/i5+1,12+1. The van der Waals surface area contributed by atoms with Gasteiger partial charge in [-0.3, -0.25) is 0 Å². The number of aliphatic carboxylic acids is 1. The van der Waals surface area contributed by atoms with Crippen LogP contribution in [0.1, 0.15) is 5.56 Å². The van der Waals surface area contributed by atoms with Crippen molar-refractivity contribution in [1.82, 2.24) is 0 Å². The molecule has 138 valence electrons. The molecule has 1 aromatic carbocycles. The molecule has 0 amide bonds. The Kier molecular flexibility index (Phi) is 6.34. The number of ether oxygens (including phenoxy) is 3. The van der Waals surface area contributed by atoms with Gasteiger partial charge in [0.2, 0.25) is 6.29 Å². The maximum absolute atomic E-state index is 10.6. The average molecular weight is 358 g/mol. The molecular formula is C16H20O9. The molecule has 25 heavy (non-hydrogen) atoms. The highest BCUT2D eigenvalue weighted by atomic mass is 16.7. The van der Waals surface area contributed by atoms with Gasteiger partial charge in [0.15, 0.2) is 11.5 Å². The van der Waals surface area contributed by atoms with Crippen LogP contribution in [-0.2, 0) is 9.53 Å². The van der Waals surface area contributed by atoms with Crippen LogP contribution in [0.5, 0.6) is 11.5 Å². The number of hydrogen-bond donors (Lipinski definition) is 5. The van der Waals surface area contributed by atoms with E-state index in [1.807, 2.05) is 0 Å². The molecule has 2 rings (SSSR count). The monoisotopic (exact) mass is 358 g/mol. The summed E-state index contributed by atoms with van der Waals surface area (Å²) >= 11 is 0. The Morgan fingerprint density at radius 1 is 1.20 bits per heavy atom. The smallest absolute Gasteiger partial charge is 0.328 e. The van der Waals surface area contributed by atoms with E-state index in [9.17, 15) is 25.2 Å². The molecule has 0 bridgehead atoms. The van der Waals surface area contributed by atoms with Crippen LogP contribution in [0.15, 0.2) is 24.3 Å². The van der Waals surface area contributed by atoms with Gasteiger partial charge in [-0.15, -0.1) is 0 Å². The van der Waals surface area contributed by atoms with Gasteiger partial charge in [-0.05, 0) is 23.8 Å². The molecule has 1 aromatic rings. The minimum atomic E-state index is -1.56. The Hall–Kier alpha value is -2.17. The number of carboxylic acid groups (broad SMARTS) is 1. The summed E-state index contributed by atoms with van der Waals surface area (Å²) in [7, 11) is 1.38. The van der Waals surface area contributed by atoms with Crippen LogP contribution in [-0.4, -0.2) is 75.9 Å². The third kappa shape index (κ3) is 4.47. The minimum absolute atomic E-state index is 0.166. The van der Waals surface area contributed by atoms with Crippen molar-refractivity contribution < 1.29 is 44.5 Å². The molecule has 5 atom stereocenters. The van der Waals surface area contributed by atoms with Crippen LogP contribution >= 0.6 is 0 Å². The highest BCUT2D eigenvalue weighted by Crippen LogP contribution is 2.32. The number of hydrogen-bond acceptors (Lipinski definition) is 8. The summed E-state index contributed by atoms with van der Waals surface area (Å²) in [4.78, 5) is 10.6. The Bertz CT molecular complexity index is 628. The number of carboxylic acids is 1. The number of benzene rings is 1. The SMILES string of the molecule is COc1cc(/C=[13CH]/[13C](=O)O)ccc1O[C@@H]1O[C@H](CO)[C@H](O)[C@H](O)[C@H]1O. The first-order chi connectivity index (χ1) is 11.9. The molecule has 9 heteroatoms. The molecule has 1 heterocycles. The van der Waals surface area contributed by atoms with Crippen molar-refractivity contribution in [1.29, 1.82) is 0 Å². The molecule has 9 nitrogen and oxygen atoms in total. The van der Waals surface area contributed by atoms with Crippen LogP contribution in [0.3, 0.4) is 0 Å². The summed E-state index contributed by atoms with van der Waals surface area (Å²) in [5.41, 5.74) is 0.542. The zero-order valence-electron chi connectivity index (χ0n) is 13.3. The summed E-state index contributed by atoms with van der Waals surface area (Å²) in [6, 6.07) is 4.54. The van der Waals surface area contributed by atoms with Gasteiger partial charge >= 0.3 is 5.97 Å². The molecule has 0 aliphatic carbocycles. The Labute approximate surface area is 143 Å². The number of aliphatic hydroxyl groups is 4. The van der Waals surface area contributed by atoms with E-state index >= 15 is 0 Å². The molecule has 1 fully saturated rings. The predicted molar refractivity (Wildman–Crippen MR) is 84.1 cm³/mol. The van der Waals surface area contributed by atoms with Crippen molar-refractivity contribution in [2.24, 2.45) is 0 Å². The number of rotatable bonds is 6. The highest BCUT2D eigenvalue weighted by molar-refractivity contribution is 5.85. The Balaban J connectivity index is 2.19. The lowest BCUT2D eigenvalue weighted by Crippen LogP contribution is -2.60. The van der Waals surface area contributed by atoms with Crippen molar-refractivity contribution in [3.05, 3.63) is 29.8 Å². The van der Waals surface area contributed by atoms with Crippen molar-refractivity contribution in [3.63, 3.8) is 0 Å². The highest BCUT2D eigenvalue weighted by Gasteiger charge is 2.44. The fourth-order valence-corrected chi connectivity index (χ4v) is 2.34. The van der Waals surface area contributed by atoms with Crippen LogP contribution in [0.2, 0.25) is 0 Å². The maximum Gasteiger partial charge on any atom is 0.328 e. The van der Waals surface area contributed by atoms with Gasteiger partial charge in [0, 0.05) is 6.08 Å². The third-order valence-corrected chi connectivity index (χ3v) is 3.70. The lowest BCUT2D eigenvalue weighted by atomic mass is 9.99. The first kappa shape index (κ1) is 19.2. The summed E-state index contributed by atoms with van der Waals surface area (Å²) in [6.45, 7) is -0.569. The van der Waals surface area contributed by atoms with E-state index < -0.39 is 43.3 Å². The topological polar surface area (TPSA) is 146 Å². The van der Waals surface area contributed by atoms with Crippen LogP contribution in [0.25, 0.3) is 6.08 Å². The van der Waals surface area contributed by atoms with Gasteiger partial charge in [-0.2, -0.15) is 0 Å². The second kappa shape index (κ2) is 8.28. The van der Waals surface area contributed by atoms with E-state index in [0.717, 1.165) is 6.08 Å². The fourth-order valence-electron chi connectivity index (χ4n) is 2.34. The van der Waals surface area contributed by atoms with Crippen LogP contribution in [0, 0.1) is 0 Å². The van der Waals surface area contributed by atoms with E-state index in [4.69, 9.17) is 19.3 Å². The van der Waals surface area contributed by atoms with E-state index in [2.05, 4.69) is 0 Å². The molecule has 1 aliphatic heterocycles. The normalized spacial score (nSPS) is 29.6. The van der Waals surface area contributed by atoms with Crippen LogP contribution in [0.4, 0.5) is 0 Å². The molecule has 0 saturated carbocycles. The Morgan fingerprint density at radius 3 is 2.52 bits per heavy atom. The second-order valence-corrected chi connectivity index (χ2v) is 5.40. The molecule has 1 aliphatic rings. The van der Waals surface area contributed by atoms with Gasteiger partial charge in [0.25, 0.3) is 0 Å².